The molecule has 0 spiro atoms. The van der Waals surface area contributed by atoms with Gasteiger partial charge in [-0.05, 0) is 23.8 Å². The number of carbonyl (C=O) groups excluding carboxylic acids is 1. The van der Waals surface area contributed by atoms with Crippen LogP contribution in [0.5, 0.6) is 0 Å². The second-order valence-corrected chi connectivity index (χ2v) is 8.41. The number of esters is 1. The molecule has 0 N–H and O–H groups in total. The average molecular weight is 436 g/mol. The van der Waals surface area contributed by atoms with Crippen molar-refractivity contribution in [1.82, 2.24) is 13.4 Å². The van der Waals surface area contributed by atoms with Crippen LogP contribution < -0.4 is 11.2 Å². The van der Waals surface area contributed by atoms with E-state index in [-0.39, 0.29) is 17.2 Å². The van der Waals surface area contributed by atoms with Crippen LogP contribution in [0.3, 0.4) is 0 Å². The molecule has 2 aromatic rings. The largest absolute Gasteiger partial charge is 0.456 e. The first-order valence-corrected chi connectivity index (χ1v) is 10.8. The van der Waals surface area contributed by atoms with E-state index in [9.17, 15) is 22.8 Å². The van der Waals surface area contributed by atoms with E-state index in [1.54, 1.807) is 26.0 Å². The lowest BCUT2D eigenvalue weighted by Crippen LogP contribution is -2.38. The van der Waals surface area contributed by atoms with Crippen LogP contribution in [-0.4, -0.2) is 40.9 Å². The predicted octanol–water partition coefficient (Wildman–Crippen LogP) is 0.871. The normalized spacial score (nSPS) is 11.9. The fraction of sp³-hybridized carbons (Fsp3) is 0.350. The van der Waals surface area contributed by atoms with Crippen LogP contribution in [0.15, 0.2) is 50.9 Å². The molecule has 0 aliphatic carbocycles. The van der Waals surface area contributed by atoms with Gasteiger partial charge < -0.3 is 4.74 Å². The molecular formula is C20H25N3O6S. The van der Waals surface area contributed by atoms with Gasteiger partial charge in [-0.1, -0.05) is 26.0 Å². The Morgan fingerprint density at radius 3 is 2.23 bits per heavy atom. The van der Waals surface area contributed by atoms with Crippen molar-refractivity contribution in [3.8, 4) is 0 Å². The van der Waals surface area contributed by atoms with Crippen LogP contribution in [-0.2, 0) is 40.3 Å². The fourth-order valence-corrected chi connectivity index (χ4v) is 4.20. The third-order valence-electron chi connectivity index (χ3n) is 4.62. The summed E-state index contributed by atoms with van der Waals surface area (Å²) in [5, 5.41) is 0. The molecule has 0 aliphatic rings. The molecule has 0 saturated heterocycles. The van der Waals surface area contributed by atoms with Gasteiger partial charge in [-0.25, -0.2) is 18.0 Å². The smallest absolute Gasteiger partial charge is 0.331 e. The van der Waals surface area contributed by atoms with Crippen molar-refractivity contribution in [3.63, 3.8) is 0 Å². The van der Waals surface area contributed by atoms with Crippen LogP contribution in [0.25, 0.3) is 6.08 Å². The van der Waals surface area contributed by atoms with E-state index in [2.05, 4.69) is 0 Å². The molecule has 0 unspecified atom stereocenters. The van der Waals surface area contributed by atoms with Crippen molar-refractivity contribution in [3.05, 3.63) is 68.5 Å². The van der Waals surface area contributed by atoms with E-state index in [1.165, 1.54) is 53.3 Å². The maximum Gasteiger partial charge on any atom is 0.331 e. The summed E-state index contributed by atoms with van der Waals surface area (Å²) in [6.07, 6.45) is 2.67. The van der Waals surface area contributed by atoms with Gasteiger partial charge in [0.2, 0.25) is 10.0 Å². The lowest BCUT2D eigenvalue weighted by atomic mass is 10.2. The molecule has 0 radical (unpaired) electrons. The summed E-state index contributed by atoms with van der Waals surface area (Å²) < 4.78 is 33.6. The fourth-order valence-electron chi connectivity index (χ4n) is 2.74. The number of benzene rings is 1. The second-order valence-electron chi connectivity index (χ2n) is 6.47. The van der Waals surface area contributed by atoms with Gasteiger partial charge in [0.05, 0.1) is 10.6 Å². The standard InChI is InChI=1S/C20H25N3O6S/c1-5-23(6-2)30(27,28)17-10-7-15(8-11-17)9-12-19(25)29-14-16-13-18(24)22(4)20(26)21(16)3/h7-13H,5-6,14H2,1-4H3/b12-9+. The molecular weight excluding hydrogens is 410 g/mol. The number of hydrogen-bond donors (Lipinski definition) is 0. The van der Waals surface area contributed by atoms with Gasteiger partial charge in [0.15, 0.2) is 0 Å². The van der Waals surface area contributed by atoms with Crippen molar-refractivity contribution in [2.24, 2.45) is 14.1 Å². The predicted molar refractivity (Wildman–Crippen MR) is 112 cm³/mol. The molecule has 0 bridgehead atoms. The Balaban J connectivity index is 2.06. The van der Waals surface area contributed by atoms with E-state index >= 15 is 0 Å². The Hall–Kier alpha value is -2.98. The maximum absolute atomic E-state index is 12.5. The van der Waals surface area contributed by atoms with Crippen LogP contribution in [0, 0.1) is 0 Å². The van der Waals surface area contributed by atoms with E-state index in [1.807, 2.05) is 0 Å². The summed E-state index contributed by atoms with van der Waals surface area (Å²) in [5.41, 5.74) is -0.106. The molecule has 1 aromatic carbocycles. The van der Waals surface area contributed by atoms with Crippen LogP contribution in [0.4, 0.5) is 0 Å². The Morgan fingerprint density at radius 2 is 1.67 bits per heavy atom. The highest BCUT2D eigenvalue weighted by Crippen LogP contribution is 2.16. The van der Waals surface area contributed by atoms with Crippen molar-refractivity contribution in [2.75, 3.05) is 13.1 Å². The topological polar surface area (TPSA) is 108 Å². The molecule has 1 heterocycles. The molecule has 0 saturated carbocycles. The molecule has 10 heteroatoms. The molecule has 162 valence electrons. The van der Waals surface area contributed by atoms with Gasteiger partial charge in [-0.3, -0.25) is 13.9 Å². The zero-order chi connectivity index (χ0) is 22.5. The minimum atomic E-state index is -3.54. The number of hydrogen-bond acceptors (Lipinski definition) is 6. The zero-order valence-electron chi connectivity index (χ0n) is 17.4. The number of rotatable bonds is 8. The monoisotopic (exact) mass is 435 g/mol. The lowest BCUT2D eigenvalue weighted by molar-refractivity contribution is -0.139. The number of carbonyl (C=O) groups is 1. The first-order valence-electron chi connectivity index (χ1n) is 9.32. The van der Waals surface area contributed by atoms with Crippen LogP contribution in [0.2, 0.25) is 0 Å². The van der Waals surface area contributed by atoms with E-state index < -0.39 is 27.2 Å². The highest BCUT2D eigenvalue weighted by molar-refractivity contribution is 7.89. The highest BCUT2D eigenvalue weighted by Gasteiger charge is 2.20. The summed E-state index contributed by atoms with van der Waals surface area (Å²) in [6, 6.07) is 7.37. The van der Waals surface area contributed by atoms with Gasteiger partial charge in [-0.15, -0.1) is 0 Å². The summed E-state index contributed by atoms with van der Waals surface area (Å²) in [5.74, 6) is -0.664. The van der Waals surface area contributed by atoms with E-state index in [0.717, 1.165) is 4.57 Å². The molecule has 2 rings (SSSR count). The SMILES string of the molecule is CCN(CC)S(=O)(=O)c1ccc(/C=C/C(=O)OCc2cc(=O)n(C)c(=O)n2C)cc1. The van der Waals surface area contributed by atoms with Gasteiger partial charge in [-0.2, -0.15) is 4.31 Å². The summed E-state index contributed by atoms with van der Waals surface area (Å²) in [7, 11) is -0.697. The Labute approximate surface area is 174 Å². The number of ether oxygens (including phenoxy) is 1. The Bertz CT molecular complexity index is 1160. The molecule has 30 heavy (non-hydrogen) atoms. The first-order chi connectivity index (χ1) is 14.1. The van der Waals surface area contributed by atoms with Crippen LogP contribution in [0.1, 0.15) is 25.1 Å². The molecule has 0 atom stereocenters. The Morgan fingerprint density at radius 1 is 1.07 bits per heavy atom. The summed E-state index contributed by atoms with van der Waals surface area (Å²) in [4.78, 5) is 35.7. The van der Waals surface area contributed by atoms with Crippen molar-refractivity contribution < 1.29 is 17.9 Å². The quantitative estimate of drug-likeness (QED) is 0.450. The van der Waals surface area contributed by atoms with Gasteiger partial charge >= 0.3 is 11.7 Å². The average Bonchev–Trinajstić information content (AvgIpc) is 2.73. The third kappa shape index (κ3) is 5.14. The van der Waals surface area contributed by atoms with Crippen molar-refractivity contribution in [2.45, 2.75) is 25.3 Å². The molecule has 0 fully saturated rings. The van der Waals surface area contributed by atoms with Gasteiger partial charge in [0.1, 0.15) is 6.61 Å². The number of nitrogens with zero attached hydrogens (tertiary/aromatic N) is 3. The highest BCUT2D eigenvalue weighted by atomic mass is 32.2. The maximum atomic E-state index is 12.5. The second kappa shape index (κ2) is 9.68. The molecule has 0 aliphatic heterocycles. The minimum absolute atomic E-state index is 0.178. The zero-order valence-corrected chi connectivity index (χ0v) is 18.2. The van der Waals surface area contributed by atoms with Gasteiger partial charge in [0, 0.05) is 39.3 Å². The first kappa shape index (κ1) is 23.3. The van der Waals surface area contributed by atoms with E-state index in [4.69, 9.17) is 4.74 Å². The molecule has 1 aromatic heterocycles. The van der Waals surface area contributed by atoms with Crippen molar-refractivity contribution in [1.29, 1.82) is 0 Å². The lowest BCUT2D eigenvalue weighted by Gasteiger charge is -2.18. The van der Waals surface area contributed by atoms with Crippen LogP contribution >= 0.6 is 0 Å². The van der Waals surface area contributed by atoms with Crippen molar-refractivity contribution >= 4 is 22.1 Å². The number of sulfonamides is 1. The molecule has 9 nitrogen and oxygen atoms in total. The van der Waals surface area contributed by atoms with Gasteiger partial charge in [0.25, 0.3) is 5.56 Å². The third-order valence-corrected chi connectivity index (χ3v) is 6.69. The van der Waals surface area contributed by atoms with E-state index in [0.29, 0.717) is 18.7 Å². The summed E-state index contributed by atoms with van der Waals surface area (Å²) >= 11 is 0. The number of aromatic nitrogens is 2. The minimum Gasteiger partial charge on any atom is -0.456 e. The molecule has 0 amide bonds. The summed E-state index contributed by atoms with van der Waals surface area (Å²) in [6.45, 7) is 4.08. The Kier molecular flexibility index (Phi) is 7.52.